The molecular formula is C13H20N2O. The Morgan fingerprint density at radius 2 is 2.06 bits per heavy atom. The Kier molecular flexibility index (Phi) is 3.78. The van der Waals surface area contributed by atoms with Crippen LogP contribution in [0.1, 0.15) is 26.7 Å². The van der Waals surface area contributed by atoms with Crippen molar-refractivity contribution in [2.24, 2.45) is 0 Å². The van der Waals surface area contributed by atoms with Crippen molar-refractivity contribution in [2.45, 2.75) is 38.8 Å². The van der Waals surface area contributed by atoms with Gasteiger partial charge in [-0.05, 0) is 32.8 Å². The molecule has 3 heteroatoms. The van der Waals surface area contributed by atoms with Crippen molar-refractivity contribution in [3.8, 4) is 5.88 Å². The summed E-state index contributed by atoms with van der Waals surface area (Å²) in [6.07, 6.45) is 4.33. The van der Waals surface area contributed by atoms with Crippen molar-refractivity contribution in [3.05, 3.63) is 24.4 Å². The number of hydrogen-bond acceptors (Lipinski definition) is 3. The van der Waals surface area contributed by atoms with Gasteiger partial charge in [0.2, 0.25) is 5.88 Å². The first kappa shape index (κ1) is 11.4. The quantitative estimate of drug-likeness (QED) is 0.781. The van der Waals surface area contributed by atoms with Crippen LogP contribution in [0.25, 0.3) is 0 Å². The Balaban J connectivity index is 1.82. The van der Waals surface area contributed by atoms with Gasteiger partial charge >= 0.3 is 0 Å². The Morgan fingerprint density at radius 3 is 2.62 bits per heavy atom. The molecule has 2 heterocycles. The lowest BCUT2D eigenvalue weighted by Crippen LogP contribution is -2.41. The van der Waals surface area contributed by atoms with E-state index in [9.17, 15) is 0 Å². The Labute approximate surface area is 97.4 Å². The fourth-order valence-electron chi connectivity index (χ4n) is 2.10. The number of ether oxygens (including phenoxy) is 1. The maximum Gasteiger partial charge on any atom is 0.213 e. The predicted molar refractivity (Wildman–Crippen MR) is 64.6 cm³/mol. The minimum absolute atomic E-state index is 0.338. The molecule has 0 bridgehead atoms. The van der Waals surface area contributed by atoms with Gasteiger partial charge in [-0.2, -0.15) is 0 Å². The largest absolute Gasteiger partial charge is 0.474 e. The summed E-state index contributed by atoms with van der Waals surface area (Å²) in [6, 6.07) is 6.45. The second kappa shape index (κ2) is 5.30. The minimum atomic E-state index is 0.338. The van der Waals surface area contributed by atoms with Gasteiger partial charge in [-0.3, -0.25) is 0 Å². The van der Waals surface area contributed by atoms with Gasteiger partial charge in [0.15, 0.2) is 0 Å². The number of piperidine rings is 1. The highest BCUT2D eigenvalue weighted by atomic mass is 16.5. The molecule has 0 amide bonds. The molecule has 1 aliphatic heterocycles. The summed E-state index contributed by atoms with van der Waals surface area (Å²) < 4.78 is 5.85. The highest BCUT2D eigenvalue weighted by Crippen LogP contribution is 2.17. The fourth-order valence-corrected chi connectivity index (χ4v) is 2.10. The third kappa shape index (κ3) is 2.95. The minimum Gasteiger partial charge on any atom is -0.474 e. The van der Waals surface area contributed by atoms with Gasteiger partial charge in [0, 0.05) is 31.4 Å². The molecule has 1 fully saturated rings. The van der Waals surface area contributed by atoms with Crippen molar-refractivity contribution in [3.63, 3.8) is 0 Å². The van der Waals surface area contributed by atoms with Crippen LogP contribution in [0.15, 0.2) is 24.4 Å². The molecule has 0 spiro atoms. The molecule has 16 heavy (non-hydrogen) atoms. The third-order valence-corrected chi connectivity index (χ3v) is 3.13. The predicted octanol–water partition coefficient (Wildman–Crippen LogP) is 2.33. The summed E-state index contributed by atoms with van der Waals surface area (Å²) in [7, 11) is 0. The second-order valence-corrected chi connectivity index (χ2v) is 4.61. The van der Waals surface area contributed by atoms with E-state index in [2.05, 4.69) is 23.7 Å². The average Bonchev–Trinajstić information content (AvgIpc) is 2.31. The number of hydrogen-bond donors (Lipinski definition) is 0. The van der Waals surface area contributed by atoms with Gasteiger partial charge in [0.05, 0.1) is 0 Å². The van der Waals surface area contributed by atoms with Crippen LogP contribution < -0.4 is 4.74 Å². The van der Waals surface area contributed by atoms with Crippen molar-refractivity contribution < 1.29 is 4.74 Å². The van der Waals surface area contributed by atoms with Gasteiger partial charge in [0.1, 0.15) is 6.10 Å². The van der Waals surface area contributed by atoms with Gasteiger partial charge in [0.25, 0.3) is 0 Å². The molecule has 1 aromatic rings. The summed E-state index contributed by atoms with van der Waals surface area (Å²) in [4.78, 5) is 6.69. The first-order valence-corrected chi connectivity index (χ1v) is 6.07. The Hall–Kier alpha value is -1.09. The first-order chi connectivity index (χ1) is 7.75. The molecule has 0 aliphatic carbocycles. The number of aromatic nitrogens is 1. The zero-order valence-corrected chi connectivity index (χ0v) is 10.1. The zero-order chi connectivity index (χ0) is 11.4. The molecule has 1 aliphatic rings. The third-order valence-electron chi connectivity index (χ3n) is 3.13. The maximum atomic E-state index is 5.85. The molecule has 0 radical (unpaired) electrons. The molecule has 0 unspecified atom stereocenters. The van der Waals surface area contributed by atoms with E-state index in [4.69, 9.17) is 4.74 Å². The van der Waals surface area contributed by atoms with Crippen molar-refractivity contribution in [1.82, 2.24) is 9.88 Å². The smallest absolute Gasteiger partial charge is 0.213 e. The summed E-state index contributed by atoms with van der Waals surface area (Å²) in [6.45, 7) is 6.77. The number of rotatable bonds is 3. The van der Waals surface area contributed by atoms with Crippen molar-refractivity contribution >= 4 is 0 Å². The Morgan fingerprint density at radius 1 is 1.31 bits per heavy atom. The molecule has 1 aromatic heterocycles. The molecule has 2 rings (SSSR count). The average molecular weight is 220 g/mol. The Bertz CT molecular complexity index is 305. The lowest BCUT2D eigenvalue weighted by Gasteiger charge is -2.34. The van der Waals surface area contributed by atoms with Crippen LogP contribution in [0.2, 0.25) is 0 Å². The summed E-state index contributed by atoms with van der Waals surface area (Å²) in [5.74, 6) is 0.755. The van der Waals surface area contributed by atoms with Crippen LogP contribution in [0.5, 0.6) is 5.88 Å². The molecule has 0 saturated carbocycles. The van der Waals surface area contributed by atoms with Crippen molar-refractivity contribution in [1.29, 1.82) is 0 Å². The van der Waals surface area contributed by atoms with E-state index in [1.807, 2.05) is 18.2 Å². The summed E-state index contributed by atoms with van der Waals surface area (Å²) in [5, 5.41) is 0. The van der Waals surface area contributed by atoms with E-state index in [0.717, 1.165) is 31.8 Å². The first-order valence-electron chi connectivity index (χ1n) is 6.07. The molecule has 3 nitrogen and oxygen atoms in total. The van der Waals surface area contributed by atoms with Gasteiger partial charge < -0.3 is 9.64 Å². The van der Waals surface area contributed by atoms with Gasteiger partial charge in [-0.25, -0.2) is 4.98 Å². The van der Waals surface area contributed by atoms with E-state index in [1.54, 1.807) is 6.20 Å². The lowest BCUT2D eigenvalue weighted by atomic mass is 10.1. The zero-order valence-electron chi connectivity index (χ0n) is 10.1. The maximum absolute atomic E-state index is 5.85. The highest BCUT2D eigenvalue weighted by molar-refractivity contribution is 5.09. The van der Waals surface area contributed by atoms with Crippen LogP contribution in [0.3, 0.4) is 0 Å². The van der Waals surface area contributed by atoms with Crippen LogP contribution >= 0.6 is 0 Å². The summed E-state index contributed by atoms with van der Waals surface area (Å²) in [5.41, 5.74) is 0. The second-order valence-electron chi connectivity index (χ2n) is 4.61. The monoisotopic (exact) mass is 220 g/mol. The SMILES string of the molecule is CC(C)N1CCC(Oc2ccccn2)CC1. The van der Waals surface area contributed by atoms with Crippen LogP contribution in [-0.4, -0.2) is 35.1 Å². The van der Waals surface area contributed by atoms with E-state index in [0.29, 0.717) is 12.1 Å². The summed E-state index contributed by atoms with van der Waals surface area (Å²) >= 11 is 0. The molecule has 0 N–H and O–H groups in total. The fraction of sp³-hybridized carbons (Fsp3) is 0.615. The van der Waals surface area contributed by atoms with Crippen LogP contribution in [0, 0.1) is 0 Å². The normalized spacial score (nSPS) is 18.9. The molecule has 0 aromatic carbocycles. The molecular weight excluding hydrogens is 200 g/mol. The number of likely N-dealkylation sites (tertiary alicyclic amines) is 1. The van der Waals surface area contributed by atoms with Crippen LogP contribution in [-0.2, 0) is 0 Å². The molecule has 0 atom stereocenters. The van der Waals surface area contributed by atoms with Crippen molar-refractivity contribution in [2.75, 3.05) is 13.1 Å². The molecule has 88 valence electrons. The van der Waals surface area contributed by atoms with Crippen LogP contribution in [0.4, 0.5) is 0 Å². The van der Waals surface area contributed by atoms with Gasteiger partial charge in [-0.15, -0.1) is 0 Å². The van der Waals surface area contributed by atoms with Gasteiger partial charge in [-0.1, -0.05) is 6.07 Å². The van der Waals surface area contributed by atoms with E-state index in [-0.39, 0.29) is 0 Å². The lowest BCUT2D eigenvalue weighted by molar-refractivity contribution is 0.0813. The highest BCUT2D eigenvalue weighted by Gasteiger charge is 2.21. The van der Waals surface area contributed by atoms with E-state index in [1.165, 1.54) is 0 Å². The standard InChI is InChI=1S/C13H20N2O/c1-11(2)15-9-6-12(7-10-15)16-13-5-3-4-8-14-13/h3-5,8,11-12H,6-7,9-10H2,1-2H3. The van der Waals surface area contributed by atoms with E-state index < -0.39 is 0 Å². The molecule has 1 saturated heterocycles. The topological polar surface area (TPSA) is 25.4 Å². The number of nitrogens with zero attached hydrogens (tertiary/aromatic N) is 2. The van der Waals surface area contributed by atoms with E-state index >= 15 is 0 Å². The number of pyridine rings is 1.